The maximum Gasteiger partial charge on any atom is 0.113 e. The Bertz CT molecular complexity index is 832. The van der Waals surface area contributed by atoms with Gasteiger partial charge in [0.15, 0.2) is 0 Å². The van der Waals surface area contributed by atoms with E-state index in [1.165, 1.54) is 16.8 Å². The fourth-order valence-corrected chi connectivity index (χ4v) is 4.68. The Morgan fingerprint density at radius 3 is 2.66 bits per heavy atom. The first kappa shape index (κ1) is 21.9. The first-order valence-electron chi connectivity index (χ1n) is 10.2. The molecule has 2 unspecified atom stereocenters. The van der Waals surface area contributed by atoms with E-state index < -0.39 is 11.0 Å². The third-order valence-corrected chi connectivity index (χ3v) is 6.25. The number of halogens is 1. The van der Waals surface area contributed by atoms with E-state index in [2.05, 4.69) is 52.5 Å². The van der Waals surface area contributed by atoms with Crippen molar-refractivity contribution in [2.24, 2.45) is 0 Å². The van der Waals surface area contributed by atoms with Crippen LogP contribution in [0.15, 0.2) is 58.4 Å². The summed E-state index contributed by atoms with van der Waals surface area (Å²) >= 11 is 6.45. The summed E-state index contributed by atoms with van der Waals surface area (Å²) in [6.45, 7) is 7.20. The van der Waals surface area contributed by atoms with Gasteiger partial charge in [0.05, 0.1) is 0 Å². The Morgan fingerprint density at radius 1 is 1.24 bits per heavy atom. The number of benzene rings is 1. The second-order valence-corrected chi connectivity index (χ2v) is 9.04. The van der Waals surface area contributed by atoms with Gasteiger partial charge in [0.2, 0.25) is 0 Å². The Hall–Kier alpha value is -1.76. The van der Waals surface area contributed by atoms with E-state index in [-0.39, 0.29) is 0 Å². The summed E-state index contributed by atoms with van der Waals surface area (Å²) in [7, 11) is -1.05. The SMILES string of the molecule is CCC(CCN(CC)C1=C2CNNC(=CC(Cl)=C1)C2)c1ccc(NS(C)=O)cc1. The van der Waals surface area contributed by atoms with Crippen molar-refractivity contribution in [1.82, 2.24) is 15.8 Å². The molecule has 1 fully saturated rings. The first-order valence-corrected chi connectivity index (χ1v) is 12.2. The number of nitrogens with zero attached hydrogens (tertiary/aromatic N) is 1. The molecule has 2 bridgehead atoms. The van der Waals surface area contributed by atoms with Gasteiger partial charge in [0.25, 0.3) is 0 Å². The molecule has 1 aromatic carbocycles. The monoisotopic (exact) mass is 434 g/mol. The predicted molar refractivity (Wildman–Crippen MR) is 124 cm³/mol. The second kappa shape index (κ2) is 10.3. The molecule has 5 nitrogen and oxygen atoms in total. The molecule has 158 valence electrons. The molecule has 0 radical (unpaired) electrons. The van der Waals surface area contributed by atoms with Crippen molar-refractivity contribution >= 4 is 28.3 Å². The first-order chi connectivity index (χ1) is 14.0. The maximum absolute atomic E-state index is 11.3. The number of hydrogen-bond acceptors (Lipinski definition) is 4. The van der Waals surface area contributed by atoms with Crippen LogP contribution in [0.3, 0.4) is 0 Å². The predicted octanol–water partition coefficient (Wildman–Crippen LogP) is 4.37. The van der Waals surface area contributed by atoms with Gasteiger partial charge < -0.3 is 15.0 Å². The van der Waals surface area contributed by atoms with E-state index in [1.807, 2.05) is 18.2 Å². The van der Waals surface area contributed by atoms with Crippen molar-refractivity contribution in [3.05, 3.63) is 64.0 Å². The molecule has 7 heteroatoms. The standard InChI is InChI=1S/C22H31ClN4OS/c1-4-16(17-6-8-20(9-7-17)26-29(3)28)10-11-27(5-2)22-14-19(23)13-21-12-18(22)15-24-25-21/h6-9,13-14,16,24-26H,4-5,10-12,15H2,1-3H3. The number of hydrazine groups is 1. The molecule has 2 atom stereocenters. The summed E-state index contributed by atoms with van der Waals surface area (Å²) in [5.41, 5.74) is 12.4. The number of nitrogens with one attached hydrogen (secondary N) is 3. The van der Waals surface area contributed by atoms with Gasteiger partial charge in [-0.2, -0.15) is 0 Å². The zero-order valence-corrected chi connectivity index (χ0v) is 19.0. The number of hydrogen-bond donors (Lipinski definition) is 3. The van der Waals surface area contributed by atoms with Crippen LogP contribution in [0.1, 0.15) is 44.6 Å². The molecule has 0 saturated carbocycles. The highest BCUT2D eigenvalue weighted by molar-refractivity contribution is 7.85. The molecule has 0 amide bonds. The lowest BCUT2D eigenvalue weighted by atomic mass is 9.92. The molecular weight excluding hydrogens is 404 g/mol. The summed E-state index contributed by atoms with van der Waals surface area (Å²) in [6, 6.07) is 8.33. The lowest BCUT2D eigenvalue weighted by Gasteiger charge is -2.30. The summed E-state index contributed by atoms with van der Waals surface area (Å²) in [4.78, 5) is 2.44. The van der Waals surface area contributed by atoms with E-state index >= 15 is 0 Å². The van der Waals surface area contributed by atoms with E-state index in [0.717, 1.165) is 55.3 Å². The van der Waals surface area contributed by atoms with Crippen LogP contribution in [0, 0.1) is 0 Å². The van der Waals surface area contributed by atoms with Crippen LogP contribution in [0.2, 0.25) is 0 Å². The van der Waals surface area contributed by atoms with Crippen LogP contribution in [0.4, 0.5) is 5.69 Å². The average molecular weight is 435 g/mol. The third kappa shape index (κ3) is 5.87. The molecule has 3 rings (SSSR count). The van der Waals surface area contributed by atoms with Gasteiger partial charge in [0, 0.05) is 54.4 Å². The highest BCUT2D eigenvalue weighted by Gasteiger charge is 2.21. The van der Waals surface area contributed by atoms with Crippen LogP contribution in [0.25, 0.3) is 0 Å². The molecular formula is C22H31ClN4OS. The van der Waals surface area contributed by atoms with Gasteiger partial charge in [-0.1, -0.05) is 30.7 Å². The summed E-state index contributed by atoms with van der Waals surface area (Å²) in [5.74, 6) is 0.487. The number of anilines is 1. The zero-order chi connectivity index (χ0) is 20.8. The minimum absolute atomic E-state index is 0.487. The Labute approximate surface area is 181 Å². The van der Waals surface area contributed by atoms with E-state index in [9.17, 15) is 4.21 Å². The minimum Gasteiger partial charge on any atom is -0.372 e. The van der Waals surface area contributed by atoms with Gasteiger partial charge in [-0.05, 0) is 61.1 Å². The topological polar surface area (TPSA) is 56.4 Å². The van der Waals surface area contributed by atoms with Gasteiger partial charge >= 0.3 is 0 Å². The maximum atomic E-state index is 11.3. The average Bonchev–Trinajstić information content (AvgIpc) is 2.81. The van der Waals surface area contributed by atoms with Crippen LogP contribution in [-0.2, 0) is 11.0 Å². The van der Waals surface area contributed by atoms with Crippen molar-refractivity contribution in [3.63, 3.8) is 0 Å². The Balaban J connectivity index is 1.70. The van der Waals surface area contributed by atoms with Crippen LogP contribution in [0.5, 0.6) is 0 Å². The normalized spacial score (nSPS) is 18.2. The van der Waals surface area contributed by atoms with Gasteiger partial charge in [-0.3, -0.25) is 0 Å². The van der Waals surface area contributed by atoms with Crippen LogP contribution in [-0.4, -0.2) is 35.0 Å². The van der Waals surface area contributed by atoms with E-state index in [0.29, 0.717) is 5.92 Å². The molecule has 1 heterocycles. The fraction of sp³-hybridized carbons (Fsp3) is 0.455. The summed E-state index contributed by atoms with van der Waals surface area (Å²) in [6.07, 6.45) is 8.82. The number of allylic oxidation sites excluding steroid dienone is 4. The third-order valence-electron chi connectivity index (χ3n) is 5.51. The van der Waals surface area contributed by atoms with Crippen molar-refractivity contribution in [2.75, 3.05) is 30.6 Å². The molecule has 29 heavy (non-hydrogen) atoms. The number of fused-ring (bicyclic) bond motifs is 2. The fourth-order valence-electron chi connectivity index (χ4n) is 3.98. The van der Waals surface area contributed by atoms with Crippen molar-refractivity contribution < 1.29 is 4.21 Å². The minimum atomic E-state index is -1.05. The zero-order valence-electron chi connectivity index (χ0n) is 17.4. The molecule has 1 saturated heterocycles. The van der Waals surface area contributed by atoms with Gasteiger partial charge in [0.1, 0.15) is 11.0 Å². The summed E-state index contributed by atoms with van der Waals surface area (Å²) < 4.78 is 14.3. The number of likely N-dealkylation sites (N-methyl/N-ethyl adjacent to an activating group) is 1. The number of rotatable bonds is 9. The van der Waals surface area contributed by atoms with Crippen molar-refractivity contribution in [2.45, 2.75) is 39.0 Å². The highest BCUT2D eigenvalue weighted by atomic mass is 35.5. The van der Waals surface area contributed by atoms with Crippen LogP contribution < -0.4 is 15.6 Å². The largest absolute Gasteiger partial charge is 0.372 e. The highest BCUT2D eigenvalue weighted by Crippen LogP contribution is 2.30. The molecule has 0 aromatic heterocycles. The lowest BCUT2D eigenvalue weighted by molar-refractivity contribution is 0.343. The van der Waals surface area contributed by atoms with Crippen molar-refractivity contribution in [1.29, 1.82) is 0 Å². The quantitative estimate of drug-likeness (QED) is 0.540. The lowest BCUT2D eigenvalue weighted by Crippen LogP contribution is -2.39. The van der Waals surface area contributed by atoms with Gasteiger partial charge in [-0.25, -0.2) is 9.63 Å². The van der Waals surface area contributed by atoms with Crippen LogP contribution >= 0.6 is 11.6 Å². The second-order valence-electron chi connectivity index (χ2n) is 7.49. The molecule has 1 aliphatic heterocycles. The summed E-state index contributed by atoms with van der Waals surface area (Å²) in [5, 5.41) is 0.767. The van der Waals surface area contributed by atoms with E-state index in [4.69, 9.17) is 11.6 Å². The van der Waals surface area contributed by atoms with Gasteiger partial charge in [-0.15, -0.1) is 0 Å². The Kier molecular flexibility index (Phi) is 7.81. The Morgan fingerprint density at radius 2 is 2.00 bits per heavy atom. The molecule has 2 aliphatic rings. The van der Waals surface area contributed by atoms with Crippen molar-refractivity contribution in [3.8, 4) is 0 Å². The molecule has 0 spiro atoms. The molecule has 1 aliphatic carbocycles. The smallest absolute Gasteiger partial charge is 0.113 e. The molecule has 1 aromatic rings. The molecule has 3 N–H and O–H groups in total. The van der Waals surface area contributed by atoms with E-state index in [1.54, 1.807) is 6.26 Å².